The molecular formula is C20H30O2S2. The number of thioether (sulfide) groups is 2. The third-order valence-corrected chi connectivity index (χ3v) is 8.55. The number of benzene rings is 1. The fourth-order valence-corrected chi connectivity index (χ4v) is 5.30. The lowest BCUT2D eigenvalue weighted by Gasteiger charge is -2.42. The number of hydrogen-bond donors (Lipinski definition) is 0. The van der Waals surface area contributed by atoms with Crippen LogP contribution in [0.15, 0.2) is 24.3 Å². The van der Waals surface area contributed by atoms with Crippen molar-refractivity contribution >= 4 is 23.5 Å². The van der Waals surface area contributed by atoms with E-state index < -0.39 is 0 Å². The average molecular weight is 367 g/mol. The molecule has 3 rings (SSSR count). The molecule has 0 spiro atoms. The second-order valence-corrected chi connectivity index (χ2v) is 11.7. The summed E-state index contributed by atoms with van der Waals surface area (Å²) in [7, 11) is 0. The fraction of sp³-hybridized carbons (Fsp3) is 0.700. The van der Waals surface area contributed by atoms with E-state index in [2.05, 4.69) is 65.8 Å². The molecule has 24 heavy (non-hydrogen) atoms. The van der Waals surface area contributed by atoms with Gasteiger partial charge in [-0.25, -0.2) is 0 Å². The average Bonchev–Trinajstić information content (AvgIpc) is 2.54. The van der Waals surface area contributed by atoms with Crippen LogP contribution < -0.4 is 0 Å². The molecule has 4 heteroatoms. The van der Waals surface area contributed by atoms with Crippen molar-refractivity contribution in [1.82, 2.24) is 0 Å². The van der Waals surface area contributed by atoms with Crippen molar-refractivity contribution in [3.05, 3.63) is 35.4 Å². The predicted molar refractivity (Wildman–Crippen MR) is 106 cm³/mol. The minimum Gasteiger partial charge on any atom is -0.360 e. The first kappa shape index (κ1) is 18.6. The van der Waals surface area contributed by atoms with E-state index in [1.165, 1.54) is 11.1 Å². The molecule has 0 amide bonds. The summed E-state index contributed by atoms with van der Waals surface area (Å²) in [5.41, 5.74) is 3.02. The molecule has 0 aliphatic carbocycles. The summed E-state index contributed by atoms with van der Waals surface area (Å²) in [4.78, 5) is -0.477. The van der Waals surface area contributed by atoms with E-state index in [4.69, 9.17) is 9.47 Å². The molecular weight excluding hydrogens is 336 g/mol. The Hall–Kier alpha value is -0.160. The van der Waals surface area contributed by atoms with Gasteiger partial charge in [-0.3, -0.25) is 0 Å². The Bertz CT molecular complexity index is 519. The molecule has 1 aromatic rings. The van der Waals surface area contributed by atoms with E-state index in [0.717, 1.165) is 24.7 Å². The monoisotopic (exact) mass is 366 g/mol. The van der Waals surface area contributed by atoms with E-state index in [-0.39, 0.29) is 20.7 Å². The quantitative estimate of drug-likeness (QED) is 0.677. The largest absolute Gasteiger partial charge is 0.360 e. The van der Waals surface area contributed by atoms with Gasteiger partial charge in [-0.05, 0) is 35.8 Å². The summed E-state index contributed by atoms with van der Waals surface area (Å²) >= 11 is 3.81. The molecule has 2 aliphatic rings. The number of ether oxygens (including phenoxy) is 2. The van der Waals surface area contributed by atoms with Gasteiger partial charge in [0.05, 0.1) is 13.2 Å². The standard InChI is InChI=1S/C20H30O2S2/c1-17(2)11-21-19(5,23-13-17)15-7-9-16(10-8-15)20(6)22-12-18(3,4)14-24-20/h7-10H,11-14H2,1-6H3. The molecule has 134 valence electrons. The predicted octanol–water partition coefficient (Wildman–Crippen LogP) is 5.61. The smallest absolute Gasteiger partial charge is 0.136 e. The summed E-state index contributed by atoms with van der Waals surface area (Å²) < 4.78 is 12.5. The van der Waals surface area contributed by atoms with Gasteiger partial charge in [0.2, 0.25) is 0 Å². The van der Waals surface area contributed by atoms with Gasteiger partial charge < -0.3 is 9.47 Å². The van der Waals surface area contributed by atoms with Gasteiger partial charge in [-0.1, -0.05) is 52.0 Å². The Morgan fingerprint density at radius 3 is 1.25 bits per heavy atom. The van der Waals surface area contributed by atoms with Crippen LogP contribution >= 0.6 is 23.5 Å². The summed E-state index contributed by atoms with van der Waals surface area (Å²) in [6.45, 7) is 15.1. The second kappa shape index (κ2) is 6.22. The molecule has 2 aliphatic heterocycles. The van der Waals surface area contributed by atoms with Crippen LogP contribution in [0.2, 0.25) is 0 Å². The maximum atomic E-state index is 6.23. The Labute approximate surface area is 155 Å². The van der Waals surface area contributed by atoms with Crippen molar-refractivity contribution in [3.63, 3.8) is 0 Å². The Kier molecular flexibility index (Phi) is 4.83. The van der Waals surface area contributed by atoms with Crippen molar-refractivity contribution in [1.29, 1.82) is 0 Å². The van der Waals surface area contributed by atoms with Crippen molar-refractivity contribution in [2.24, 2.45) is 10.8 Å². The lowest BCUT2D eigenvalue weighted by molar-refractivity contribution is -0.0185. The first-order valence-electron chi connectivity index (χ1n) is 8.71. The zero-order valence-corrected chi connectivity index (χ0v) is 17.4. The molecule has 2 unspecified atom stereocenters. The molecule has 2 nitrogen and oxygen atoms in total. The molecule has 0 aromatic heterocycles. The molecule has 0 radical (unpaired) electrons. The van der Waals surface area contributed by atoms with E-state index in [1.807, 2.05) is 23.5 Å². The second-order valence-electron chi connectivity index (χ2n) is 8.95. The molecule has 2 atom stereocenters. The van der Waals surface area contributed by atoms with Crippen LogP contribution in [0, 0.1) is 10.8 Å². The Morgan fingerprint density at radius 1 is 0.667 bits per heavy atom. The first-order valence-corrected chi connectivity index (χ1v) is 10.7. The Balaban J connectivity index is 1.74. The molecule has 0 saturated carbocycles. The van der Waals surface area contributed by atoms with Gasteiger partial charge in [0, 0.05) is 11.5 Å². The molecule has 2 saturated heterocycles. The van der Waals surface area contributed by atoms with E-state index in [0.29, 0.717) is 0 Å². The molecule has 0 bridgehead atoms. The van der Waals surface area contributed by atoms with Gasteiger partial charge in [0.15, 0.2) is 0 Å². The summed E-state index contributed by atoms with van der Waals surface area (Å²) in [5.74, 6) is 2.24. The van der Waals surface area contributed by atoms with Crippen LogP contribution in [-0.4, -0.2) is 24.7 Å². The lowest BCUT2D eigenvalue weighted by atomic mass is 9.96. The maximum Gasteiger partial charge on any atom is 0.136 e. The summed E-state index contributed by atoms with van der Waals surface area (Å²) in [5, 5.41) is 0. The zero-order chi connectivity index (χ0) is 17.6. The SMILES string of the molecule is CC1(C)COC(C)(c2ccc(C3(C)OCC(C)(C)CS3)cc2)SC1. The third-order valence-electron chi connectivity index (χ3n) is 4.89. The van der Waals surface area contributed by atoms with E-state index in [1.54, 1.807) is 0 Å². The summed E-state index contributed by atoms with van der Waals surface area (Å²) in [6.07, 6.45) is 0. The normalized spacial score (nSPS) is 35.6. The topological polar surface area (TPSA) is 18.5 Å². The van der Waals surface area contributed by atoms with E-state index in [9.17, 15) is 0 Å². The van der Waals surface area contributed by atoms with Crippen LogP contribution in [0.25, 0.3) is 0 Å². The van der Waals surface area contributed by atoms with Gasteiger partial charge in [-0.2, -0.15) is 0 Å². The molecule has 2 fully saturated rings. The number of hydrogen-bond acceptors (Lipinski definition) is 4. The highest BCUT2D eigenvalue weighted by Gasteiger charge is 2.40. The zero-order valence-electron chi connectivity index (χ0n) is 15.8. The van der Waals surface area contributed by atoms with Crippen molar-refractivity contribution in [2.45, 2.75) is 51.4 Å². The van der Waals surface area contributed by atoms with Gasteiger partial charge >= 0.3 is 0 Å². The molecule has 2 heterocycles. The van der Waals surface area contributed by atoms with Crippen LogP contribution in [0.5, 0.6) is 0 Å². The fourth-order valence-electron chi connectivity index (χ4n) is 2.91. The van der Waals surface area contributed by atoms with Crippen molar-refractivity contribution in [3.8, 4) is 0 Å². The van der Waals surface area contributed by atoms with Crippen molar-refractivity contribution in [2.75, 3.05) is 24.7 Å². The van der Waals surface area contributed by atoms with Crippen molar-refractivity contribution < 1.29 is 9.47 Å². The molecule has 0 N–H and O–H groups in total. The lowest BCUT2D eigenvalue weighted by Crippen LogP contribution is -2.38. The van der Waals surface area contributed by atoms with Gasteiger partial charge in [0.25, 0.3) is 0 Å². The molecule has 1 aromatic carbocycles. The van der Waals surface area contributed by atoms with Crippen LogP contribution in [0.4, 0.5) is 0 Å². The highest BCUT2D eigenvalue weighted by Crippen LogP contribution is 2.48. The first-order chi connectivity index (χ1) is 11.0. The minimum absolute atomic E-state index is 0.239. The van der Waals surface area contributed by atoms with Gasteiger partial charge in [0.1, 0.15) is 9.87 Å². The van der Waals surface area contributed by atoms with Crippen LogP contribution in [-0.2, 0) is 19.3 Å². The van der Waals surface area contributed by atoms with Crippen LogP contribution in [0.1, 0.15) is 52.7 Å². The minimum atomic E-state index is -0.239. The highest BCUT2D eigenvalue weighted by molar-refractivity contribution is 8.00. The highest BCUT2D eigenvalue weighted by atomic mass is 32.2. The van der Waals surface area contributed by atoms with Gasteiger partial charge in [-0.15, -0.1) is 23.5 Å². The maximum absolute atomic E-state index is 6.23. The summed E-state index contributed by atoms with van der Waals surface area (Å²) in [6, 6.07) is 8.87. The third kappa shape index (κ3) is 3.82. The Morgan fingerprint density at radius 2 is 1.00 bits per heavy atom. The number of rotatable bonds is 2. The van der Waals surface area contributed by atoms with Crippen LogP contribution in [0.3, 0.4) is 0 Å². The van der Waals surface area contributed by atoms with E-state index >= 15 is 0 Å².